The third kappa shape index (κ3) is 5.25. The fourth-order valence-electron chi connectivity index (χ4n) is 2.67. The summed E-state index contributed by atoms with van der Waals surface area (Å²) in [6.45, 7) is 3.33. The van der Waals surface area contributed by atoms with Gasteiger partial charge in [0.05, 0.1) is 5.69 Å². The van der Waals surface area contributed by atoms with Gasteiger partial charge in [-0.05, 0) is 56.3 Å². The largest absolute Gasteiger partial charge is 0.478 e. The minimum atomic E-state index is -1.17. The highest BCUT2D eigenvalue weighted by atomic mass is 79.9. The number of amides is 1. The van der Waals surface area contributed by atoms with Crippen molar-refractivity contribution >= 4 is 44.9 Å². The molecule has 0 fully saturated rings. The summed E-state index contributed by atoms with van der Waals surface area (Å²) in [5, 5.41) is 3.22. The van der Waals surface area contributed by atoms with Gasteiger partial charge in [0.1, 0.15) is 5.75 Å². The summed E-state index contributed by atoms with van der Waals surface area (Å²) in [7, 11) is 0. The van der Waals surface area contributed by atoms with Gasteiger partial charge in [-0.2, -0.15) is 0 Å². The smallest absolute Gasteiger partial charge is 0.267 e. The van der Waals surface area contributed by atoms with Crippen LogP contribution in [0.5, 0.6) is 5.75 Å². The zero-order valence-electron chi connectivity index (χ0n) is 15.9. The van der Waals surface area contributed by atoms with Crippen molar-refractivity contribution < 1.29 is 14.3 Å². The predicted molar refractivity (Wildman–Crippen MR) is 119 cm³/mol. The van der Waals surface area contributed by atoms with E-state index in [1.165, 1.54) is 0 Å². The molecule has 0 bridgehead atoms. The van der Waals surface area contributed by atoms with Crippen molar-refractivity contribution in [3.05, 3.63) is 93.4 Å². The summed E-state index contributed by atoms with van der Waals surface area (Å²) in [5.74, 6) is -0.0510. The van der Waals surface area contributed by atoms with Crippen molar-refractivity contribution in [2.75, 3.05) is 5.32 Å². The Morgan fingerprint density at radius 3 is 2.28 bits per heavy atom. The van der Waals surface area contributed by atoms with Crippen LogP contribution in [0, 0.1) is 0 Å². The molecule has 0 aliphatic rings. The maximum Gasteiger partial charge on any atom is 0.267 e. The van der Waals surface area contributed by atoms with Crippen molar-refractivity contribution in [1.29, 1.82) is 0 Å². The Bertz CT molecular complexity index is 1030. The number of hydrogen-bond acceptors (Lipinski definition) is 3. The first-order valence-electron chi connectivity index (χ1n) is 8.91. The van der Waals surface area contributed by atoms with E-state index >= 15 is 0 Å². The van der Waals surface area contributed by atoms with E-state index in [-0.39, 0.29) is 11.7 Å². The Balaban J connectivity index is 1.84. The third-order valence-corrected chi connectivity index (χ3v) is 5.01. The van der Waals surface area contributed by atoms with E-state index in [0.717, 1.165) is 4.47 Å². The lowest BCUT2D eigenvalue weighted by atomic mass is 10.0. The second kappa shape index (κ2) is 8.80. The minimum Gasteiger partial charge on any atom is -0.478 e. The molecule has 1 N–H and O–H groups in total. The number of halogens is 2. The van der Waals surface area contributed by atoms with Gasteiger partial charge < -0.3 is 10.1 Å². The Morgan fingerprint density at radius 2 is 1.62 bits per heavy atom. The van der Waals surface area contributed by atoms with Gasteiger partial charge in [0.15, 0.2) is 11.4 Å². The molecule has 0 unspecified atom stereocenters. The molecule has 3 aromatic carbocycles. The molecule has 0 heterocycles. The van der Waals surface area contributed by atoms with Crippen LogP contribution in [-0.2, 0) is 4.79 Å². The highest BCUT2D eigenvalue weighted by Gasteiger charge is 2.31. The number of nitrogens with one attached hydrogen (secondary N) is 1. The first-order valence-corrected chi connectivity index (χ1v) is 10.1. The monoisotopic (exact) mass is 471 g/mol. The van der Waals surface area contributed by atoms with Crippen molar-refractivity contribution in [2.45, 2.75) is 19.4 Å². The number of hydrogen-bond donors (Lipinski definition) is 1. The molecule has 6 heteroatoms. The summed E-state index contributed by atoms with van der Waals surface area (Å²) < 4.78 is 6.77. The van der Waals surface area contributed by atoms with E-state index < -0.39 is 5.60 Å². The van der Waals surface area contributed by atoms with E-state index in [4.69, 9.17) is 16.3 Å². The van der Waals surface area contributed by atoms with Crippen LogP contribution in [0.15, 0.2) is 77.3 Å². The molecule has 29 heavy (non-hydrogen) atoms. The Labute approximate surface area is 183 Å². The first-order chi connectivity index (χ1) is 13.8. The van der Waals surface area contributed by atoms with Gasteiger partial charge in [-0.1, -0.05) is 57.9 Å². The summed E-state index contributed by atoms with van der Waals surface area (Å²) >= 11 is 9.47. The molecule has 0 spiro atoms. The molecule has 0 aliphatic carbocycles. The topological polar surface area (TPSA) is 55.4 Å². The average Bonchev–Trinajstić information content (AvgIpc) is 2.71. The van der Waals surface area contributed by atoms with Crippen molar-refractivity contribution in [2.24, 2.45) is 0 Å². The normalized spacial score (nSPS) is 11.0. The van der Waals surface area contributed by atoms with Gasteiger partial charge in [-0.3, -0.25) is 9.59 Å². The number of ether oxygens (including phenoxy) is 1. The molecule has 3 aromatic rings. The van der Waals surface area contributed by atoms with Crippen LogP contribution in [0.25, 0.3) is 0 Å². The van der Waals surface area contributed by atoms with Crippen LogP contribution in [-0.4, -0.2) is 17.3 Å². The lowest BCUT2D eigenvalue weighted by Crippen LogP contribution is -2.42. The van der Waals surface area contributed by atoms with Crippen molar-refractivity contribution in [3.63, 3.8) is 0 Å². The quantitative estimate of drug-likeness (QED) is 0.439. The number of rotatable bonds is 6. The van der Waals surface area contributed by atoms with Crippen LogP contribution in [0.1, 0.15) is 29.8 Å². The molecule has 1 amide bonds. The molecule has 0 atom stereocenters. The Hall–Kier alpha value is -2.63. The highest BCUT2D eigenvalue weighted by molar-refractivity contribution is 9.10. The number of carbonyl (C=O) groups is 2. The number of carbonyl (C=O) groups excluding carboxylic acids is 2. The minimum absolute atomic E-state index is 0.227. The third-order valence-electron chi connectivity index (χ3n) is 4.24. The van der Waals surface area contributed by atoms with E-state index in [1.54, 1.807) is 68.4 Å². The zero-order valence-corrected chi connectivity index (χ0v) is 18.3. The summed E-state index contributed by atoms with van der Waals surface area (Å²) in [5.41, 5.74) is 0.0356. The average molecular weight is 473 g/mol. The summed E-state index contributed by atoms with van der Waals surface area (Å²) in [6, 6.07) is 20.8. The zero-order chi connectivity index (χ0) is 21.0. The molecule has 0 saturated heterocycles. The lowest BCUT2D eigenvalue weighted by Gasteiger charge is -2.26. The fraction of sp³-hybridized carbons (Fsp3) is 0.130. The lowest BCUT2D eigenvalue weighted by molar-refractivity contribution is -0.128. The summed E-state index contributed by atoms with van der Waals surface area (Å²) in [4.78, 5) is 25.8. The fourth-order valence-corrected chi connectivity index (χ4v) is 3.11. The standard InChI is InChI=1S/C23H19BrClNO3/c1-23(2,29-18-11-8-16(24)9-12-18)22(28)26-20-13-10-17(25)14-19(20)21(27)15-6-4-3-5-7-15/h3-14H,1-2H3,(H,26,28). The van der Waals surface area contributed by atoms with Gasteiger partial charge in [0.2, 0.25) is 0 Å². The molecule has 0 aromatic heterocycles. The SMILES string of the molecule is CC(C)(Oc1ccc(Br)cc1)C(=O)Nc1ccc(Cl)cc1C(=O)c1ccccc1. The van der Waals surface area contributed by atoms with Crippen LogP contribution >= 0.6 is 27.5 Å². The van der Waals surface area contributed by atoms with E-state index in [0.29, 0.717) is 27.6 Å². The second-order valence-electron chi connectivity index (χ2n) is 6.91. The Morgan fingerprint density at radius 1 is 0.966 bits per heavy atom. The van der Waals surface area contributed by atoms with E-state index in [9.17, 15) is 9.59 Å². The van der Waals surface area contributed by atoms with E-state index in [2.05, 4.69) is 21.2 Å². The first kappa shape index (κ1) is 21.1. The van der Waals surface area contributed by atoms with Crippen LogP contribution < -0.4 is 10.1 Å². The van der Waals surface area contributed by atoms with Gasteiger partial charge >= 0.3 is 0 Å². The molecule has 0 aliphatic heterocycles. The van der Waals surface area contributed by atoms with Crippen molar-refractivity contribution in [1.82, 2.24) is 0 Å². The van der Waals surface area contributed by atoms with Gasteiger partial charge in [0, 0.05) is 20.6 Å². The van der Waals surface area contributed by atoms with Gasteiger partial charge in [-0.25, -0.2) is 0 Å². The number of anilines is 1. The number of ketones is 1. The van der Waals surface area contributed by atoms with Crippen LogP contribution in [0.3, 0.4) is 0 Å². The predicted octanol–water partition coefficient (Wildman–Crippen LogP) is 6.13. The van der Waals surface area contributed by atoms with Gasteiger partial charge in [0.25, 0.3) is 5.91 Å². The highest BCUT2D eigenvalue weighted by Crippen LogP contribution is 2.26. The van der Waals surface area contributed by atoms with Crippen molar-refractivity contribution in [3.8, 4) is 5.75 Å². The maximum absolute atomic E-state index is 12.9. The Kier molecular flexibility index (Phi) is 6.40. The molecular formula is C23H19BrClNO3. The summed E-state index contributed by atoms with van der Waals surface area (Å²) in [6.07, 6.45) is 0. The van der Waals surface area contributed by atoms with Gasteiger partial charge in [-0.15, -0.1) is 0 Å². The number of benzene rings is 3. The second-order valence-corrected chi connectivity index (χ2v) is 8.26. The van der Waals surface area contributed by atoms with E-state index in [1.807, 2.05) is 18.2 Å². The molecular weight excluding hydrogens is 454 g/mol. The maximum atomic E-state index is 12.9. The molecule has 3 rings (SSSR count). The molecule has 0 radical (unpaired) electrons. The molecule has 148 valence electrons. The van der Waals surface area contributed by atoms with Crippen LogP contribution in [0.4, 0.5) is 5.69 Å². The molecule has 4 nitrogen and oxygen atoms in total. The molecule has 0 saturated carbocycles. The van der Waals surface area contributed by atoms with Crippen LogP contribution in [0.2, 0.25) is 5.02 Å².